The van der Waals surface area contributed by atoms with Crippen LogP contribution in [-0.2, 0) is 14.3 Å². The average molecular weight is 445 g/mol. The highest BCUT2D eigenvalue weighted by molar-refractivity contribution is 5.85. The van der Waals surface area contributed by atoms with Gasteiger partial charge in [-0.15, -0.1) is 0 Å². The third-order valence-corrected chi connectivity index (χ3v) is 7.94. The highest BCUT2D eigenvalue weighted by Crippen LogP contribution is 2.41. The maximum absolute atomic E-state index is 12.3. The molecule has 1 aromatic heterocycles. The SMILES string of the molecule is COC[C@H](C)OC1CCC2NNC(c3cc(N4CCC5(CCNC5=O)CC4)ncn3)C2C1. The first-order chi connectivity index (χ1) is 15.6. The van der Waals surface area contributed by atoms with Gasteiger partial charge in [0, 0.05) is 44.8 Å². The molecule has 0 aromatic carbocycles. The molecule has 3 N–H and O–H groups in total. The minimum atomic E-state index is -0.159. The molecule has 4 fully saturated rings. The van der Waals surface area contributed by atoms with Crippen molar-refractivity contribution in [3.63, 3.8) is 0 Å². The zero-order valence-electron chi connectivity index (χ0n) is 19.2. The largest absolute Gasteiger partial charge is 0.382 e. The Hall–Kier alpha value is -1.81. The van der Waals surface area contributed by atoms with Gasteiger partial charge in [0.1, 0.15) is 12.1 Å². The van der Waals surface area contributed by atoms with Crippen LogP contribution in [0.4, 0.5) is 5.82 Å². The van der Waals surface area contributed by atoms with Crippen LogP contribution in [0.5, 0.6) is 0 Å². The Morgan fingerprint density at radius 2 is 2.06 bits per heavy atom. The fourth-order valence-electron chi connectivity index (χ4n) is 6.10. The Bertz CT molecular complexity index is 815. The number of rotatable bonds is 6. The van der Waals surface area contributed by atoms with Crippen LogP contribution in [0.15, 0.2) is 12.4 Å². The quantitative estimate of drug-likeness (QED) is 0.604. The standard InChI is InChI=1S/C23H36N6O3/c1-15(13-31-2)32-16-3-4-18-17(11-16)21(28-27-18)19-12-20(26-14-25-19)29-9-6-23(7-10-29)5-8-24-22(23)30/h12,14-18,21,27-28H,3-11,13H2,1-2H3,(H,24,30)/t15-,16?,17?,18?,21?/m0/s1. The van der Waals surface area contributed by atoms with Gasteiger partial charge < -0.3 is 19.7 Å². The number of carbonyl (C=O) groups excluding carboxylic acids is 1. The minimum Gasteiger partial charge on any atom is -0.382 e. The lowest BCUT2D eigenvalue weighted by molar-refractivity contribution is -0.128. The number of hydrazine groups is 1. The van der Waals surface area contributed by atoms with Crippen LogP contribution in [0.3, 0.4) is 0 Å². The molecule has 1 saturated carbocycles. The second-order valence-electron chi connectivity index (χ2n) is 9.95. The monoisotopic (exact) mass is 444 g/mol. The second-order valence-corrected chi connectivity index (χ2v) is 9.95. The van der Waals surface area contributed by atoms with E-state index in [-0.39, 0.29) is 29.6 Å². The maximum Gasteiger partial charge on any atom is 0.226 e. The summed E-state index contributed by atoms with van der Waals surface area (Å²) in [7, 11) is 1.72. The number of anilines is 1. The zero-order chi connectivity index (χ0) is 22.1. The number of hydrogen-bond acceptors (Lipinski definition) is 8. The first-order valence-corrected chi connectivity index (χ1v) is 12.1. The second kappa shape index (κ2) is 9.21. The van der Waals surface area contributed by atoms with E-state index in [1.165, 1.54) is 0 Å². The normalized spacial score (nSPS) is 32.7. The third kappa shape index (κ3) is 4.23. The van der Waals surface area contributed by atoms with E-state index in [1.807, 2.05) is 0 Å². The Morgan fingerprint density at radius 1 is 1.22 bits per heavy atom. The average Bonchev–Trinajstić information content (AvgIpc) is 3.38. The van der Waals surface area contributed by atoms with E-state index in [0.29, 0.717) is 18.6 Å². The third-order valence-electron chi connectivity index (χ3n) is 7.94. The molecular formula is C23H36N6O3. The first kappa shape index (κ1) is 22.0. The van der Waals surface area contributed by atoms with Gasteiger partial charge in [-0.1, -0.05) is 0 Å². The number of ether oxygens (including phenoxy) is 2. The van der Waals surface area contributed by atoms with Crippen LogP contribution in [0.2, 0.25) is 0 Å². The van der Waals surface area contributed by atoms with Gasteiger partial charge in [0.2, 0.25) is 5.91 Å². The van der Waals surface area contributed by atoms with E-state index in [2.05, 4.69) is 44.0 Å². The summed E-state index contributed by atoms with van der Waals surface area (Å²) in [4.78, 5) is 23.8. The fraction of sp³-hybridized carbons (Fsp3) is 0.783. The predicted molar refractivity (Wildman–Crippen MR) is 120 cm³/mol. The molecule has 1 aliphatic carbocycles. The minimum absolute atomic E-state index is 0.109. The zero-order valence-corrected chi connectivity index (χ0v) is 19.2. The summed E-state index contributed by atoms with van der Waals surface area (Å²) < 4.78 is 11.5. The molecule has 1 spiro atoms. The molecular weight excluding hydrogens is 408 g/mol. The van der Waals surface area contributed by atoms with Gasteiger partial charge in [0.15, 0.2) is 0 Å². The van der Waals surface area contributed by atoms with Gasteiger partial charge >= 0.3 is 0 Å². The van der Waals surface area contributed by atoms with Gasteiger partial charge in [0.25, 0.3) is 0 Å². The molecule has 1 aromatic rings. The summed E-state index contributed by atoms with van der Waals surface area (Å²) in [6.45, 7) is 5.24. The number of amides is 1. The highest BCUT2D eigenvalue weighted by atomic mass is 16.5. The van der Waals surface area contributed by atoms with Crippen LogP contribution in [0.1, 0.15) is 57.2 Å². The molecule has 176 valence electrons. The number of aromatic nitrogens is 2. The summed E-state index contributed by atoms with van der Waals surface area (Å²) in [5.41, 5.74) is 7.86. The van der Waals surface area contributed by atoms with Crippen molar-refractivity contribution in [1.82, 2.24) is 26.1 Å². The van der Waals surface area contributed by atoms with Crippen LogP contribution in [-0.4, -0.2) is 67.5 Å². The molecule has 9 nitrogen and oxygen atoms in total. The molecule has 4 unspecified atom stereocenters. The number of nitrogens with one attached hydrogen (secondary N) is 3. The number of nitrogens with zero attached hydrogens (tertiary/aromatic N) is 3. The Morgan fingerprint density at radius 3 is 2.81 bits per heavy atom. The molecule has 0 radical (unpaired) electrons. The number of piperidine rings is 1. The lowest BCUT2D eigenvalue weighted by atomic mass is 9.77. The highest BCUT2D eigenvalue weighted by Gasteiger charge is 2.45. The molecule has 0 bridgehead atoms. The van der Waals surface area contributed by atoms with Crippen molar-refractivity contribution in [2.75, 3.05) is 38.3 Å². The first-order valence-electron chi connectivity index (χ1n) is 12.1. The van der Waals surface area contributed by atoms with E-state index < -0.39 is 0 Å². The smallest absolute Gasteiger partial charge is 0.226 e. The van der Waals surface area contributed by atoms with Gasteiger partial charge in [-0.25, -0.2) is 15.4 Å². The lowest BCUT2D eigenvalue weighted by Crippen LogP contribution is -2.44. The molecule has 9 heteroatoms. The van der Waals surface area contributed by atoms with Crippen molar-refractivity contribution >= 4 is 11.7 Å². The molecule has 4 heterocycles. The van der Waals surface area contributed by atoms with E-state index in [4.69, 9.17) is 9.47 Å². The van der Waals surface area contributed by atoms with Gasteiger partial charge in [0.05, 0.1) is 36.0 Å². The molecule has 4 aliphatic rings. The molecule has 3 saturated heterocycles. The van der Waals surface area contributed by atoms with Crippen molar-refractivity contribution in [2.45, 2.75) is 69.7 Å². The van der Waals surface area contributed by atoms with E-state index in [1.54, 1.807) is 13.4 Å². The van der Waals surface area contributed by atoms with E-state index in [0.717, 1.165) is 69.7 Å². The molecule has 5 rings (SSSR count). The fourth-order valence-corrected chi connectivity index (χ4v) is 6.10. The lowest BCUT2D eigenvalue weighted by Gasteiger charge is -2.38. The van der Waals surface area contributed by atoms with Crippen molar-refractivity contribution in [1.29, 1.82) is 0 Å². The van der Waals surface area contributed by atoms with Crippen LogP contribution >= 0.6 is 0 Å². The van der Waals surface area contributed by atoms with Crippen molar-refractivity contribution in [2.24, 2.45) is 11.3 Å². The molecule has 32 heavy (non-hydrogen) atoms. The predicted octanol–water partition coefficient (Wildman–Crippen LogP) is 1.32. The Labute approximate surface area is 190 Å². The Kier molecular flexibility index (Phi) is 6.33. The van der Waals surface area contributed by atoms with Crippen molar-refractivity contribution in [3.8, 4) is 0 Å². The molecule has 5 atom stereocenters. The number of hydrogen-bond donors (Lipinski definition) is 3. The number of carbonyl (C=O) groups is 1. The van der Waals surface area contributed by atoms with E-state index in [9.17, 15) is 4.79 Å². The number of methoxy groups -OCH3 is 1. The molecule has 3 aliphatic heterocycles. The Balaban J connectivity index is 1.25. The van der Waals surface area contributed by atoms with Crippen molar-refractivity contribution < 1.29 is 14.3 Å². The molecule has 1 amide bonds. The van der Waals surface area contributed by atoms with Gasteiger partial charge in [-0.3, -0.25) is 10.2 Å². The summed E-state index contributed by atoms with van der Waals surface area (Å²) in [6, 6.07) is 2.71. The van der Waals surface area contributed by atoms with Gasteiger partial charge in [-0.2, -0.15) is 0 Å². The van der Waals surface area contributed by atoms with Crippen LogP contribution in [0.25, 0.3) is 0 Å². The maximum atomic E-state index is 12.3. The number of fused-ring (bicyclic) bond motifs is 1. The van der Waals surface area contributed by atoms with E-state index >= 15 is 0 Å². The van der Waals surface area contributed by atoms with Crippen molar-refractivity contribution in [3.05, 3.63) is 18.1 Å². The van der Waals surface area contributed by atoms with Crippen LogP contribution < -0.4 is 21.1 Å². The summed E-state index contributed by atoms with van der Waals surface area (Å²) >= 11 is 0. The summed E-state index contributed by atoms with van der Waals surface area (Å²) in [6.07, 6.45) is 7.95. The van der Waals surface area contributed by atoms with Crippen LogP contribution in [0, 0.1) is 11.3 Å². The summed E-state index contributed by atoms with van der Waals surface area (Å²) in [5.74, 6) is 1.63. The summed E-state index contributed by atoms with van der Waals surface area (Å²) in [5, 5.41) is 3.01. The topological polar surface area (TPSA) is 101 Å². The van der Waals surface area contributed by atoms with Gasteiger partial charge in [-0.05, 0) is 45.4 Å².